The zero-order chi connectivity index (χ0) is 10.7. The standard InChI is InChI=1S/C10H12O4/c1-6-4-7(2-3-8(6)11)5-9(12)10(13)14/h2-4,9,11-12H,5H2,1H3,(H,13,14). The first kappa shape index (κ1) is 10.5. The van der Waals surface area contributed by atoms with Crippen LogP contribution in [0.15, 0.2) is 18.2 Å². The third-order valence-electron chi connectivity index (χ3n) is 1.98. The van der Waals surface area contributed by atoms with Crippen molar-refractivity contribution in [2.45, 2.75) is 19.4 Å². The summed E-state index contributed by atoms with van der Waals surface area (Å²) in [6.45, 7) is 1.71. The molecule has 1 rings (SSSR count). The van der Waals surface area contributed by atoms with Gasteiger partial charge in [-0.25, -0.2) is 4.79 Å². The Balaban J connectivity index is 2.78. The molecule has 1 aromatic carbocycles. The molecule has 0 bridgehead atoms. The van der Waals surface area contributed by atoms with Crippen LogP contribution in [0.25, 0.3) is 0 Å². The fraction of sp³-hybridized carbons (Fsp3) is 0.300. The number of benzene rings is 1. The Morgan fingerprint density at radius 2 is 2.14 bits per heavy atom. The average Bonchev–Trinajstić information content (AvgIpc) is 2.11. The van der Waals surface area contributed by atoms with Gasteiger partial charge in [-0.15, -0.1) is 0 Å². The Labute approximate surface area is 81.4 Å². The molecule has 0 aliphatic carbocycles. The van der Waals surface area contributed by atoms with E-state index < -0.39 is 12.1 Å². The maximum Gasteiger partial charge on any atom is 0.332 e. The summed E-state index contributed by atoms with van der Waals surface area (Å²) in [6, 6.07) is 4.73. The fourth-order valence-corrected chi connectivity index (χ4v) is 1.16. The number of phenols is 1. The van der Waals surface area contributed by atoms with Crippen molar-refractivity contribution in [2.75, 3.05) is 0 Å². The lowest BCUT2D eigenvalue weighted by molar-refractivity contribution is -0.146. The molecule has 1 aromatic rings. The summed E-state index contributed by atoms with van der Waals surface area (Å²) >= 11 is 0. The molecule has 0 radical (unpaired) electrons. The molecule has 0 amide bonds. The maximum absolute atomic E-state index is 10.4. The van der Waals surface area contributed by atoms with E-state index in [0.717, 1.165) is 0 Å². The van der Waals surface area contributed by atoms with E-state index >= 15 is 0 Å². The molecule has 0 fully saturated rings. The fourth-order valence-electron chi connectivity index (χ4n) is 1.16. The lowest BCUT2D eigenvalue weighted by Gasteiger charge is -2.06. The number of carboxylic acid groups (broad SMARTS) is 1. The lowest BCUT2D eigenvalue weighted by atomic mass is 10.1. The van der Waals surface area contributed by atoms with Crippen molar-refractivity contribution in [3.05, 3.63) is 29.3 Å². The number of aliphatic hydroxyl groups excluding tert-OH is 1. The van der Waals surface area contributed by atoms with E-state index in [1.807, 2.05) is 0 Å². The smallest absolute Gasteiger partial charge is 0.332 e. The zero-order valence-electron chi connectivity index (χ0n) is 7.77. The van der Waals surface area contributed by atoms with E-state index in [1.54, 1.807) is 19.1 Å². The van der Waals surface area contributed by atoms with E-state index in [1.165, 1.54) is 6.07 Å². The number of aliphatic carboxylic acids is 1. The maximum atomic E-state index is 10.4. The molecule has 76 valence electrons. The number of carboxylic acids is 1. The number of hydrogen-bond donors (Lipinski definition) is 3. The van der Waals surface area contributed by atoms with Gasteiger partial charge in [-0.3, -0.25) is 0 Å². The third-order valence-corrected chi connectivity index (χ3v) is 1.98. The Morgan fingerprint density at radius 3 is 2.64 bits per heavy atom. The molecule has 3 N–H and O–H groups in total. The van der Waals surface area contributed by atoms with Crippen LogP contribution in [-0.4, -0.2) is 27.4 Å². The van der Waals surface area contributed by atoms with Crippen LogP contribution >= 0.6 is 0 Å². The molecule has 0 spiro atoms. The number of carbonyl (C=O) groups is 1. The summed E-state index contributed by atoms with van der Waals surface area (Å²) in [4.78, 5) is 10.4. The number of hydrogen-bond acceptors (Lipinski definition) is 3. The van der Waals surface area contributed by atoms with Crippen molar-refractivity contribution in [3.8, 4) is 5.75 Å². The SMILES string of the molecule is Cc1cc(CC(O)C(=O)O)ccc1O. The average molecular weight is 196 g/mol. The molecule has 0 aliphatic heterocycles. The van der Waals surface area contributed by atoms with Crippen molar-refractivity contribution in [2.24, 2.45) is 0 Å². The van der Waals surface area contributed by atoms with Gasteiger partial charge >= 0.3 is 5.97 Å². The van der Waals surface area contributed by atoms with Crippen molar-refractivity contribution in [1.82, 2.24) is 0 Å². The van der Waals surface area contributed by atoms with Crippen LogP contribution in [-0.2, 0) is 11.2 Å². The van der Waals surface area contributed by atoms with Crippen molar-refractivity contribution in [1.29, 1.82) is 0 Å². The number of phenolic OH excluding ortho intramolecular Hbond substituents is 1. The minimum atomic E-state index is -1.39. The second kappa shape index (κ2) is 4.11. The molecule has 0 aromatic heterocycles. The summed E-state index contributed by atoms with van der Waals surface area (Å²) in [6.07, 6.45) is -1.34. The van der Waals surface area contributed by atoms with Crippen LogP contribution in [0.5, 0.6) is 5.75 Å². The normalized spacial score (nSPS) is 12.4. The largest absolute Gasteiger partial charge is 0.508 e. The van der Waals surface area contributed by atoms with Gasteiger partial charge in [0, 0.05) is 6.42 Å². The van der Waals surface area contributed by atoms with Gasteiger partial charge in [-0.2, -0.15) is 0 Å². The van der Waals surface area contributed by atoms with Crippen LogP contribution in [0.2, 0.25) is 0 Å². The highest BCUT2D eigenvalue weighted by molar-refractivity contribution is 5.72. The number of rotatable bonds is 3. The first-order valence-electron chi connectivity index (χ1n) is 4.20. The van der Waals surface area contributed by atoms with Crippen LogP contribution in [0, 0.1) is 6.92 Å². The Kier molecular flexibility index (Phi) is 3.09. The van der Waals surface area contributed by atoms with Crippen molar-refractivity contribution < 1.29 is 20.1 Å². The molecule has 0 heterocycles. The predicted molar refractivity (Wildman–Crippen MR) is 50.2 cm³/mol. The van der Waals surface area contributed by atoms with E-state index in [-0.39, 0.29) is 12.2 Å². The first-order chi connectivity index (χ1) is 6.50. The minimum absolute atomic E-state index is 0.0520. The lowest BCUT2D eigenvalue weighted by Crippen LogP contribution is -2.21. The minimum Gasteiger partial charge on any atom is -0.508 e. The van der Waals surface area contributed by atoms with Crippen molar-refractivity contribution in [3.63, 3.8) is 0 Å². The zero-order valence-corrected chi connectivity index (χ0v) is 7.77. The first-order valence-corrected chi connectivity index (χ1v) is 4.20. The van der Waals surface area contributed by atoms with Crippen LogP contribution < -0.4 is 0 Å². The van der Waals surface area contributed by atoms with E-state index in [4.69, 9.17) is 10.2 Å². The second-order valence-corrected chi connectivity index (χ2v) is 3.18. The predicted octanol–water partition coefficient (Wildman–Crippen LogP) is 0.689. The molecule has 0 saturated heterocycles. The van der Waals surface area contributed by atoms with Gasteiger partial charge in [0.1, 0.15) is 5.75 Å². The van der Waals surface area contributed by atoms with Crippen LogP contribution in [0.4, 0.5) is 0 Å². The Morgan fingerprint density at radius 1 is 1.50 bits per heavy atom. The van der Waals surface area contributed by atoms with Gasteiger partial charge in [-0.1, -0.05) is 12.1 Å². The summed E-state index contributed by atoms with van der Waals surface area (Å²) in [5.74, 6) is -1.07. The van der Waals surface area contributed by atoms with Gasteiger partial charge < -0.3 is 15.3 Å². The van der Waals surface area contributed by atoms with E-state index in [9.17, 15) is 9.90 Å². The van der Waals surface area contributed by atoms with Gasteiger partial charge in [-0.05, 0) is 24.1 Å². The highest BCUT2D eigenvalue weighted by atomic mass is 16.4. The second-order valence-electron chi connectivity index (χ2n) is 3.18. The Bertz CT molecular complexity index is 346. The Hall–Kier alpha value is -1.55. The number of aromatic hydroxyl groups is 1. The van der Waals surface area contributed by atoms with Gasteiger partial charge in [0.15, 0.2) is 6.10 Å². The topological polar surface area (TPSA) is 77.8 Å². The summed E-state index contributed by atoms with van der Waals surface area (Å²) < 4.78 is 0. The van der Waals surface area contributed by atoms with Gasteiger partial charge in [0.05, 0.1) is 0 Å². The van der Waals surface area contributed by atoms with Gasteiger partial charge in [0.2, 0.25) is 0 Å². The number of aliphatic hydroxyl groups is 1. The number of aryl methyl sites for hydroxylation is 1. The molecular weight excluding hydrogens is 184 g/mol. The summed E-state index contributed by atoms with van der Waals surface area (Å²) in [5.41, 5.74) is 1.36. The highest BCUT2D eigenvalue weighted by Gasteiger charge is 2.13. The highest BCUT2D eigenvalue weighted by Crippen LogP contribution is 2.17. The molecular formula is C10H12O4. The monoisotopic (exact) mass is 196 g/mol. The van der Waals surface area contributed by atoms with E-state index in [0.29, 0.717) is 11.1 Å². The molecule has 1 unspecified atom stereocenters. The molecule has 4 nitrogen and oxygen atoms in total. The molecule has 4 heteroatoms. The third kappa shape index (κ3) is 2.47. The molecule has 0 saturated carbocycles. The molecule has 0 aliphatic rings. The summed E-state index contributed by atoms with van der Waals surface area (Å²) in [7, 11) is 0. The quantitative estimate of drug-likeness (QED) is 0.664. The van der Waals surface area contributed by atoms with Crippen molar-refractivity contribution >= 4 is 5.97 Å². The van der Waals surface area contributed by atoms with Crippen LogP contribution in [0.1, 0.15) is 11.1 Å². The molecule has 14 heavy (non-hydrogen) atoms. The summed E-state index contributed by atoms with van der Waals surface area (Å²) in [5, 5.41) is 26.8. The van der Waals surface area contributed by atoms with Gasteiger partial charge in [0.25, 0.3) is 0 Å². The van der Waals surface area contributed by atoms with E-state index in [2.05, 4.69) is 0 Å². The molecule has 1 atom stereocenters. The van der Waals surface area contributed by atoms with Crippen LogP contribution in [0.3, 0.4) is 0 Å².